The van der Waals surface area contributed by atoms with E-state index in [1.807, 2.05) is 20.0 Å². The molecule has 0 fully saturated rings. The zero-order valence-electron chi connectivity index (χ0n) is 14.9. The maximum absolute atomic E-state index is 12.0. The molecule has 128 valence electrons. The van der Waals surface area contributed by atoms with Crippen molar-refractivity contribution < 1.29 is 9.59 Å². The Labute approximate surface area is 139 Å². The van der Waals surface area contributed by atoms with Gasteiger partial charge in [0.15, 0.2) is 11.6 Å². The Balaban J connectivity index is 0. The molecule has 1 amide bonds. The van der Waals surface area contributed by atoms with Crippen LogP contribution in [-0.2, 0) is 9.59 Å². The minimum Gasteiger partial charge on any atom is -0.399 e. The van der Waals surface area contributed by atoms with Crippen LogP contribution in [0.25, 0.3) is 0 Å². The first-order valence-electron chi connectivity index (χ1n) is 7.12. The molecule has 0 radical (unpaired) electrons. The summed E-state index contributed by atoms with van der Waals surface area (Å²) < 4.78 is 0. The van der Waals surface area contributed by atoms with Crippen LogP contribution in [0.1, 0.15) is 41.0 Å². The molecule has 6 nitrogen and oxygen atoms in total. The van der Waals surface area contributed by atoms with Crippen molar-refractivity contribution in [2.24, 2.45) is 21.9 Å². The van der Waals surface area contributed by atoms with E-state index in [1.54, 1.807) is 11.8 Å². The molecule has 0 atom stereocenters. The van der Waals surface area contributed by atoms with Crippen molar-refractivity contribution in [3.8, 4) is 12.8 Å². The van der Waals surface area contributed by atoms with Crippen molar-refractivity contribution in [1.29, 1.82) is 0 Å². The van der Waals surface area contributed by atoms with Gasteiger partial charge in [-0.1, -0.05) is 27.7 Å². The molecular weight excluding hydrogens is 292 g/mol. The number of carbonyl (C=O) groups excluding carboxylic acids is 2. The molecular formula is C17H28N4O2. The number of Topliss-reactive ketones (excluding diaryl/α,β-unsaturated/α-hetero) is 1. The Morgan fingerprint density at radius 2 is 1.83 bits per heavy atom. The fraction of sp³-hybridized carbons (Fsp3) is 0.471. The van der Waals surface area contributed by atoms with Crippen LogP contribution in [0.4, 0.5) is 0 Å². The highest BCUT2D eigenvalue weighted by Crippen LogP contribution is 2.27. The lowest BCUT2D eigenvalue weighted by Crippen LogP contribution is -2.32. The van der Waals surface area contributed by atoms with Crippen LogP contribution in [0.2, 0.25) is 0 Å². The molecule has 1 aliphatic rings. The maximum Gasteiger partial charge on any atom is 0.204 e. The summed E-state index contributed by atoms with van der Waals surface area (Å²) in [5.74, 6) is 0.770. The Morgan fingerprint density at radius 3 is 2.13 bits per heavy atom. The zero-order valence-corrected chi connectivity index (χ0v) is 14.9. The summed E-state index contributed by atoms with van der Waals surface area (Å²) in [6.07, 6.45) is 10.6. The van der Waals surface area contributed by atoms with Gasteiger partial charge in [-0.3, -0.25) is 9.59 Å². The lowest BCUT2D eigenvalue weighted by Gasteiger charge is -2.31. The number of hydrogen-bond donors (Lipinski definition) is 2. The van der Waals surface area contributed by atoms with Crippen LogP contribution in [0.15, 0.2) is 28.3 Å². The number of amides is 1. The Hall–Kier alpha value is -2.55. The molecule has 4 N–H and O–H groups in total. The predicted octanol–water partition coefficient (Wildman–Crippen LogP) is 1.78. The van der Waals surface area contributed by atoms with Gasteiger partial charge in [-0.05, 0) is 13.0 Å². The van der Waals surface area contributed by atoms with Crippen LogP contribution in [-0.4, -0.2) is 29.9 Å². The Bertz CT molecular complexity index is 531. The van der Waals surface area contributed by atoms with Crippen LogP contribution in [0, 0.1) is 18.3 Å². The van der Waals surface area contributed by atoms with E-state index in [-0.39, 0.29) is 17.6 Å². The Kier molecular flexibility index (Phi) is 10.1. The molecule has 0 aromatic heterocycles. The van der Waals surface area contributed by atoms with Gasteiger partial charge < -0.3 is 16.4 Å². The highest BCUT2D eigenvalue weighted by Gasteiger charge is 2.27. The molecule has 1 heterocycles. The molecule has 0 aromatic rings. The predicted molar refractivity (Wildman–Crippen MR) is 95.1 cm³/mol. The molecule has 0 aliphatic carbocycles. The van der Waals surface area contributed by atoms with Gasteiger partial charge in [0.2, 0.25) is 6.41 Å². The summed E-state index contributed by atoms with van der Waals surface area (Å²) >= 11 is 0. The van der Waals surface area contributed by atoms with E-state index < -0.39 is 0 Å². The number of ketones is 1. The SMILES string of the molecule is C#C.CCC(=O)C1=CC(C(C)(C)C)=N/C(=C(\C)N)N1C.NC=O. The number of allylic oxidation sites excluding steroid dienone is 3. The summed E-state index contributed by atoms with van der Waals surface area (Å²) in [5, 5.41) is 0. The molecule has 23 heavy (non-hydrogen) atoms. The first kappa shape index (κ1) is 22.7. The van der Waals surface area contributed by atoms with Crippen LogP contribution >= 0.6 is 0 Å². The third-order valence-electron chi connectivity index (χ3n) is 2.91. The van der Waals surface area contributed by atoms with E-state index in [9.17, 15) is 4.79 Å². The first-order chi connectivity index (χ1) is 10.6. The lowest BCUT2D eigenvalue weighted by molar-refractivity contribution is -0.116. The number of primary amides is 1. The second-order valence-corrected chi connectivity index (χ2v) is 5.76. The summed E-state index contributed by atoms with van der Waals surface area (Å²) in [6, 6.07) is 0. The van der Waals surface area contributed by atoms with Gasteiger partial charge in [-0.2, -0.15) is 0 Å². The summed E-state index contributed by atoms with van der Waals surface area (Å²) in [7, 11) is 1.83. The molecule has 0 bridgehead atoms. The minimum atomic E-state index is -0.110. The van der Waals surface area contributed by atoms with Crippen molar-refractivity contribution in [1.82, 2.24) is 4.90 Å². The van der Waals surface area contributed by atoms with Crippen molar-refractivity contribution in [3.05, 3.63) is 23.3 Å². The number of nitrogens with zero attached hydrogens (tertiary/aromatic N) is 2. The molecule has 0 spiro atoms. The largest absolute Gasteiger partial charge is 0.399 e. The molecule has 0 unspecified atom stereocenters. The molecule has 1 rings (SSSR count). The van der Waals surface area contributed by atoms with E-state index in [1.165, 1.54) is 0 Å². The molecule has 0 aromatic carbocycles. The highest BCUT2D eigenvalue weighted by molar-refractivity contribution is 6.08. The van der Waals surface area contributed by atoms with E-state index in [0.717, 1.165) is 5.71 Å². The van der Waals surface area contributed by atoms with Gasteiger partial charge in [0.25, 0.3) is 0 Å². The lowest BCUT2D eigenvalue weighted by atomic mass is 9.88. The number of likely N-dealkylation sites (N-methyl/N-ethyl adjacent to an activating group) is 1. The highest BCUT2D eigenvalue weighted by atomic mass is 16.1. The summed E-state index contributed by atoms with van der Waals surface area (Å²) in [4.78, 5) is 26.9. The fourth-order valence-electron chi connectivity index (χ4n) is 1.75. The van der Waals surface area contributed by atoms with Crippen molar-refractivity contribution in [2.45, 2.75) is 41.0 Å². The zero-order chi connectivity index (χ0) is 18.8. The fourth-order valence-corrected chi connectivity index (χ4v) is 1.75. The summed E-state index contributed by atoms with van der Waals surface area (Å²) in [6.45, 7) is 9.88. The smallest absolute Gasteiger partial charge is 0.204 e. The molecule has 0 saturated heterocycles. The Morgan fingerprint density at radius 1 is 1.39 bits per heavy atom. The number of hydrogen-bond acceptors (Lipinski definition) is 5. The van der Waals surface area contributed by atoms with Gasteiger partial charge in [0.1, 0.15) is 0 Å². The molecule has 0 saturated carbocycles. The van der Waals surface area contributed by atoms with Crippen molar-refractivity contribution >= 4 is 17.9 Å². The number of terminal acetylenes is 1. The van der Waals surface area contributed by atoms with E-state index in [0.29, 0.717) is 23.6 Å². The van der Waals surface area contributed by atoms with Crippen molar-refractivity contribution in [3.63, 3.8) is 0 Å². The third kappa shape index (κ3) is 6.83. The maximum atomic E-state index is 12.0. The minimum absolute atomic E-state index is 0.105. The number of nitrogens with two attached hydrogens (primary N) is 2. The second-order valence-electron chi connectivity index (χ2n) is 5.76. The quantitative estimate of drug-likeness (QED) is 0.598. The average Bonchev–Trinajstić information content (AvgIpc) is 2.48. The summed E-state index contributed by atoms with van der Waals surface area (Å²) in [5.41, 5.74) is 12.1. The van der Waals surface area contributed by atoms with E-state index in [2.05, 4.69) is 44.3 Å². The number of aliphatic imine (C=N–C) groups is 1. The number of carbonyl (C=O) groups is 2. The van der Waals surface area contributed by atoms with Crippen LogP contribution in [0.5, 0.6) is 0 Å². The van der Waals surface area contributed by atoms with Crippen molar-refractivity contribution in [2.75, 3.05) is 7.05 Å². The topological polar surface area (TPSA) is 102 Å². The normalized spacial score (nSPS) is 15.7. The van der Waals surface area contributed by atoms with Gasteiger partial charge in [-0.15, -0.1) is 12.8 Å². The molecule has 6 heteroatoms. The first-order valence-corrected chi connectivity index (χ1v) is 7.12. The van der Waals surface area contributed by atoms with E-state index >= 15 is 0 Å². The standard InChI is InChI=1S/C14H23N3O.C2H2.CH3NO/c1-7-11(18)10-8-12(14(3,4)5)16-13(9(2)15)17(10)6;1-2;2-1-3/h8H,7,15H2,1-6H3;1-2H;1H,(H2,2,3)/b13-9-;;. The average molecular weight is 320 g/mol. The van der Waals surface area contributed by atoms with Crippen LogP contribution < -0.4 is 11.5 Å². The monoisotopic (exact) mass is 320 g/mol. The van der Waals surface area contributed by atoms with Crippen LogP contribution in [0.3, 0.4) is 0 Å². The van der Waals surface area contributed by atoms with Gasteiger partial charge in [0.05, 0.1) is 11.4 Å². The number of rotatable bonds is 2. The van der Waals surface area contributed by atoms with Gasteiger partial charge in [0, 0.05) is 24.6 Å². The second kappa shape index (κ2) is 10.2. The van der Waals surface area contributed by atoms with E-state index in [4.69, 9.17) is 10.5 Å². The van der Waals surface area contributed by atoms with Gasteiger partial charge >= 0.3 is 0 Å². The third-order valence-corrected chi connectivity index (χ3v) is 2.91. The van der Waals surface area contributed by atoms with Gasteiger partial charge in [-0.25, -0.2) is 4.99 Å². The molecule has 1 aliphatic heterocycles.